The van der Waals surface area contributed by atoms with Crippen molar-refractivity contribution in [2.24, 2.45) is 0 Å². The quantitative estimate of drug-likeness (QED) is 0.0234. The molecule has 0 amide bonds. The number of ether oxygens (including phenoxy) is 2. The number of phosphoric acid groups is 1. The van der Waals surface area contributed by atoms with Crippen molar-refractivity contribution in [3.05, 3.63) is 24.3 Å². The van der Waals surface area contributed by atoms with Crippen LogP contribution < -0.4 is 0 Å². The third kappa shape index (κ3) is 42.4. The van der Waals surface area contributed by atoms with E-state index in [1.165, 1.54) is 116 Å². The van der Waals surface area contributed by atoms with Gasteiger partial charge in [-0.2, -0.15) is 0 Å². The van der Waals surface area contributed by atoms with Crippen molar-refractivity contribution in [1.82, 2.24) is 0 Å². The van der Waals surface area contributed by atoms with Crippen LogP contribution in [0.2, 0.25) is 0 Å². The Labute approximate surface area is 348 Å². The molecule has 0 aliphatic heterocycles. The van der Waals surface area contributed by atoms with E-state index in [9.17, 15) is 24.2 Å². The van der Waals surface area contributed by atoms with Crippen LogP contribution in [0, 0.1) is 0 Å². The Morgan fingerprint density at radius 3 is 1.39 bits per heavy atom. The van der Waals surface area contributed by atoms with E-state index in [0.717, 1.165) is 64.2 Å². The van der Waals surface area contributed by atoms with Crippen LogP contribution in [0.15, 0.2) is 24.3 Å². The first-order chi connectivity index (χ1) is 27.7. The summed E-state index contributed by atoms with van der Waals surface area (Å²) in [4.78, 5) is 35.0. The molecule has 0 aliphatic rings. The molecule has 0 aromatic heterocycles. The number of unbranched alkanes of at least 4 members (excludes halogenated alkanes) is 26. The van der Waals surface area contributed by atoms with Gasteiger partial charge in [-0.3, -0.25) is 18.6 Å². The summed E-state index contributed by atoms with van der Waals surface area (Å²) in [6, 6.07) is 0. The highest BCUT2D eigenvalue weighted by Crippen LogP contribution is 2.43. The van der Waals surface area contributed by atoms with Crippen molar-refractivity contribution in [3.63, 3.8) is 0 Å². The molecule has 0 spiro atoms. The Balaban J connectivity index is 4.22. The zero-order valence-electron chi connectivity index (χ0n) is 36.6. The Morgan fingerprint density at radius 1 is 0.526 bits per heavy atom. The van der Waals surface area contributed by atoms with Crippen LogP contribution in [0.1, 0.15) is 219 Å². The van der Waals surface area contributed by atoms with Gasteiger partial charge in [0.15, 0.2) is 6.10 Å². The van der Waals surface area contributed by atoms with Crippen LogP contribution in [0.4, 0.5) is 0 Å². The van der Waals surface area contributed by atoms with Gasteiger partial charge in [-0.1, -0.05) is 186 Å². The first kappa shape index (κ1) is 55.5. The van der Waals surface area contributed by atoms with E-state index in [0.29, 0.717) is 12.8 Å². The number of carbonyl (C=O) groups is 2. The molecule has 0 aromatic carbocycles. The molecular weight excluding hydrogens is 743 g/mol. The van der Waals surface area contributed by atoms with Crippen molar-refractivity contribution < 1.29 is 47.8 Å². The number of phosphoric ester groups is 1. The maximum Gasteiger partial charge on any atom is 0.472 e. The van der Waals surface area contributed by atoms with E-state index >= 15 is 0 Å². The zero-order valence-corrected chi connectivity index (χ0v) is 37.5. The highest BCUT2D eigenvalue weighted by atomic mass is 31.2. The van der Waals surface area contributed by atoms with Crippen molar-refractivity contribution in [2.45, 2.75) is 232 Å². The minimum Gasteiger partial charge on any atom is -0.462 e. The van der Waals surface area contributed by atoms with Crippen molar-refractivity contribution in [1.29, 1.82) is 0 Å². The smallest absolute Gasteiger partial charge is 0.462 e. The molecule has 0 aromatic rings. The SMILES string of the molecule is CCCCC/C=C\C/C=C\CCCCCCCC(=O)O[C@H](COC(=O)CCCCCCCCCCCCCCCCCCCCC)COP(=O)(O)OC[C@@H](O)CO. The molecule has 1 unspecified atom stereocenters. The lowest BCUT2D eigenvalue weighted by molar-refractivity contribution is -0.161. The fraction of sp³-hybridized carbons (Fsp3) is 0.870. The van der Waals surface area contributed by atoms with Crippen LogP contribution >= 0.6 is 7.82 Å². The molecule has 3 atom stereocenters. The second-order valence-electron chi connectivity index (χ2n) is 15.8. The Hall–Kier alpha value is -1.55. The number of rotatable bonds is 44. The molecule has 336 valence electrons. The molecule has 3 N–H and O–H groups in total. The van der Waals surface area contributed by atoms with Gasteiger partial charge < -0.3 is 24.6 Å². The van der Waals surface area contributed by atoms with E-state index in [1.54, 1.807) is 0 Å². The number of hydrogen-bond acceptors (Lipinski definition) is 9. The minimum atomic E-state index is -4.62. The lowest BCUT2D eigenvalue weighted by atomic mass is 10.0. The molecule has 57 heavy (non-hydrogen) atoms. The predicted molar refractivity (Wildman–Crippen MR) is 233 cm³/mol. The van der Waals surface area contributed by atoms with Gasteiger partial charge in [0, 0.05) is 12.8 Å². The van der Waals surface area contributed by atoms with Crippen molar-refractivity contribution >= 4 is 19.8 Å². The number of allylic oxidation sites excluding steroid dienone is 4. The molecule has 10 nitrogen and oxygen atoms in total. The Bertz CT molecular complexity index is 1000. The van der Waals surface area contributed by atoms with Gasteiger partial charge in [-0.25, -0.2) is 4.57 Å². The van der Waals surface area contributed by atoms with Gasteiger partial charge in [0.1, 0.15) is 12.7 Å². The fourth-order valence-electron chi connectivity index (χ4n) is 6.50. The van der Waals surface area contributed by atoms with E-state index in [4.69, 9.17) is 23.6 Å². The standard InChI is InChI=1S/C46H87O10P/c1-3-5-7-9-11-13-15-17-19-20-21-22-24-25-27-29-31-33-35-37-45(49)53-41-44(42-55-57(51,52)54-40-43(48)39-47)56-46(50)38-36-34-32-30-28-26-23-18-16-14-12-10-8-6-4-2/h12,14,18,23,43-44,47-48H,3-11,13,15-17,19-22,24-42H2,1-2H3,(H,51,52)/b14-12-,23-18-/t43-,44+/m0/s1. The fourth-order valence-corrected chi connectivity index (χ4v) is 7.28. The maximum atomic E-state index is 12.6. The average Bonchev–Trinajstić information content (AvgIpc) is 3.20. The van der Waals surface area contributed by atoms with Gasteiger partial charge in [0.25, 0.3) is 0 Å². The van der Waals surface area contributed by atoms with E-state index in [2.05, 4.69) is 38.2 Å². The maximum absolute atomic E-state index is 12.6. The van der Waals surface area contributed by atoms with Crippen LogP contribution in [0.25, 0.3) is 0 Å². The van der Waals surface area contributed by atoms with Crippen molar-refractivity contribution in [2.75, 3.05) is 26.4 Å². The molecule has 0 fully saturated rings. The summed E-state index contributed by atoms with van der Waals surface area (Å²) in [7, 11) is -4.62. The molecule has 0 bridgehead atoms. The van der Waals surface area contributed by atoms with E-state index < -0.39 is 51.8 Å². The summed E-state index contributed by atoms with van der Waals surface area (Å²) in [5.41, 5.74) is 0. The number of aliphatic hydroxyl groups is 2. The highest BCUT2D eigenvalue weighted by molar-refractivity contribution is 7.47. The van der Waals surface area contributed by atoms with Gasteiger partial charge in [0.2, 0.25) is 0 Å². The van der Waals surface area contributed by atoms with E-state index in [-0.39, 0.29) is 19.4 Å². The largest absolute Gasteiger partial charge is 0.472 e. The molecule has 0 radical (unpaired) electrons. The number of aliphatic hydroxyl groups excluding tert-OH is 2. The summed E-state index contributed by atoms with van der Waals surface area (Å²) in [5.74, 6) is -0.931. The zero-order chi connectivity index (χ0) is 41.9. The molecule has 0 saturated heterocycles. The van der Waals surface area contributed by atoms with Gasteiger partial charge in [-0.05, 0) is 44.9 Å². The number of carbonyl (C=O) groups excluding carboxylic acids is 2. The highest BCUT2D eigenvalue weighted by Gasteiger charge is 2.27. The second-order valence-corrected chi connectivity index (χ2v) is 17.2. The second kappa shape index (κ2) is 42.6. The number of esters is 2. The normalized spacial score (nSPS) is 14.0. The molecule has 11 heteroatoms. The minimum absolute atomic E-state index is 0.171. The number of hydrogen-bond donors (Lipinski definition) is 3. The van der Waals surface area contributed by atoms with Gasteiger partial charge in [0.05, 0.1) is 19.8 Å². The van der Waals surface area contributed by atoms with Gasteiger partial charge in [-0.15, -0.1) is 0 Å². The first-order valence-electron chi connectivity index (χ1n) is 23.3. The summed E-state index contributed by atoms with van der Waals surface area (Å²) in [6.45, 7) is 2.37. The molecule has 0 saturated carbocycles. The summed E-state index contributed by atoms with van der Waals surface area (Å²) in [5, 5.41) is 18.3. The predicted octanol–water partition coefficient (Wildman–Crippen LogP) is 12.6. The van der Waals surface area contributed by atoms with E-state index in [1.807, 2.05) is 0 Å². The monoisotopic (exact) mass is 831 g/mol. The van der Waals surface area contributed by atoms with Gasteiger partial charge >= 0.3 is 19.8 Å². The lowest BCUT2D eigenvalue weighted by Gasteiger charge is -2.20. The van der Waals surface area contributed by atoms with Crippen LogP contribution in [0.3, 0.4) is 0 Å². The topological polar surface area (TPSA) is 149 Å². The molecule has 0 aliphatic carbocycles. The van der Waals surface area contributed by atoms with Crippen molar-refractivity contribution in [3.8, 4) is 0 Å². The van der Waals surface area contributed by atoms with Crippen LogP contribution in [0.5, 0.6) is 0 Å². The molecule has 0 rings (SSSR count). The third-order valence-electron chi connectivity index (χ3n) is 10.1. The Kier molecular flexibility index (Phi) is 41.4. The Morgan fingerprint density at radius 2 is 0.912 bits per heavy atom. The molecular formula is C46H87O10P. The average molecular weight is 831 g/mol. The van der Waals surface area contributed by atoms with Crippen LogP contribution in [-0.2, 0) is 32.7 Å². The summed E-state index contributed by atoms with van der Waals surface area (Å²) < 4.78 is 32.8. The lowest BCUT2D eigenvalue weighted by Crippen LogP contribution is -2.29. The summed E-state index contributed by atoms with van der Waals surface area (Å²) in [6.07, 6.45) is 42.8. The van der Waals surface area contributed by atoms with Crippen LogP contribution in [-0.4, -0.2) is 65.7 Å². The third-order valence-corrected chi connectivity index (χ3v) is 11.1. The summed E-state index contributed by atoms with van der Waals surface area (Å²) >= 11 is 0. The molecule has 0 heterocycles. The first-order valence-corrected chi connectivity index (χ1v) is 24.8.